The van der Waals surface area contributed by atoms with Gasteiger partial charge in [-0.1, -0.05) is 24.3 Å². The van der Waals surface area contributed by atoms with Crippen molar-refractivity contribution in [1.82, 2.24) is 4.98 Å². The molecule has 3 aromatic rings. The van der Waals surface area contributed by atoms with E-state index in [0.29, 0.717) is 16.9 Å². The standard InChI is InChI=1S/C19H17N3O4S2/c1-12(23)14-5-9-17(10-6-14)28(25,26)22-19-21-18(11-27-19)15-3-7-16(8-4-15)20-13(2)24/h3-11H,1-2H3,(H,20,24)(H,21,22). The predicted molar refractivity (Wildman–Crippen MR) is 109 cm³/mol. The average Bonchev–Trinajstić information content (AvgIpc) is 3.09. The van der Waals surface area contributed by atoms with E-state index in [1.54, 1.807) is 29.6 Å². The highest BCUT2D eigenvalue weighted by molar-refractivity contribution is 7.93. The molecular weight excluding hydrogens is 398 g/mol. The van der Waals surface area contributed by atoms with Crippen molar-refractivity contribution in [3.63, 3.8) is 0 Å². The quantitative estimate of drug-likeness (QED) is 0.596. The van der Waals surface area contributed by atoms with E-state index in [4.69, 9.17) is 0 Å². The van der Waals surface area contributed by atoms with Gasteiger partial charge in [0.05, 0.1) is 10.6 Å². The second-order valence-electron chi connectivity index (χ2n) is 5.98. The van der Waals surface area contributed by atoms with E-state index in [1.165, 1.54) is 38.1 Å². The molecule has 9 heteroatoms. The lowest BCUT2D eigenvalue weighted by Crippen LogP contribution is -2.13. The Labute approximate surface area is 166 Å². The van der Waals surface area contributed by atoms with Crippen LogP contribution in [0.25, 0.3) is 11.3 Å². The van der Waals surface area contributed by atoms with Gasteiger partial charge in [-0.25, -0.2) is 13.4 Å². The van der Waals surface area contributed by atoms with Crippen molar-refractivity contribution in [3.05, 3.63) is 59.5 Å². The average molecular weight is 415 g/mol. The number of aromatic nitrogens is 1. The van der Waals surface area contributed by atoms with Crippen LogP contribution in [0.4, 0.5) is 10.8 Å². The molecule has 0 aliphatic carbocycles. The zero-order chi connectivity index (χ0) is 20.3. The number of nitrogens with zero attached hydrogens (tertiary/aromatic N) is 1. The van der Waals surface area contributed by atoms with Gasteiger partial charge in [-0.2, -0.15) is 0 Å². The largest absolute Gasteiger partial charge is 0.326 e. The van der Waals surface area contributed by atoms with Gasteiger partial charge in [0.25, 0.3) is 10.0 Å². The summed E-state index contributed by atoms with van der Waals surface area (Å²) in [6.07, 6.45) is 0. The lowest BCUT2D eigenvalue weighted by atomic mass is 10.1. The number of thiazole rings is 1. The fraction of sp³-hybridized carbons (Fsp3) is 0.105. The minimum atomic E-state index is -3.81. The summed E-state index contributed by atoms with van der Waals surface area (Å²) < 4.78 is 27.5. The van der Waals surface area contributed by atoms with Crippen LogP contribution in [0.1, 0.15) is 24.2 Å². The number of anilines is 2. The molecule has 1 heterocycles. The van der Waals surface area contributed by atoms with Gasteiger partial charge < -0.3 is 5.32 Å². The number of sulfonamides is 1. The van der Waals surface area contributed by atoms with Gasteiger partial charge in [-0.15, -0.1) is 11.3 Å². The molecule has 1 amide bonds. The predicted octanol–water partition coefficient (Wildman–Crippen LogP) is 3.77. The molecule has 0 saturated carbocycles. The number of carbonyl (C=O) groups is 2. The number of nitrogens with one attached hydrogen (secondary N) is 2. The van der Waals surface area contributed by atoms with Crippen molar-refractivity contribution >= 4 is 43.9 Å². The lowest BCUT2D eigenvalue weighted by Gasteiger charge is -2.06. The monoisotopic (exact) mass is 415 g/mol. The first-order chi connectivity index (χ1) is 13.2. The number of Topliss-reactive ketones (excluding diaryl/α,β-unsaturated/α-hetero) is 1. The van der Waals surface area contributed by atoms with Crippen LogP contribution in [0.5, 0.6) is 0 Å². The normalized spacial score (nSPS) is 11.1. The molecular formula is C19H17N3O4S2. The van der Waals surface area contributed by atoms with Crippen LogP contribution in [-0.2, 0) is 14.8 Å². The summed E-state index contributed by atoms with van der Waals surface area (Å²) in [5.74, 6) is -0.291. The lowest BCUT2D eigenvalue weighted by molar-refractivity contribution is -0.114. The maximum absolute atomic E-state index is 12.5. The molecule has 0 bridgehead atoms. The maximum Gasteiger partial charge on any atom is 0.263 e. The highest BCUT2D eigenvalue weighted by Gasteiger charge is 2.17. The number of rotatable bonds is 6. The molecule has 2 aromatic carbocycles. The highest BCUT2D eigenvalue weighted by atomic mass is 32.2. The van der Waals surface area contributed by atoms with Gasteiger partial charge in [0.1, 0.15) is 0 Å². The Morgan fingerprint density at radius 3 is 2.18 bits per heavy atom. The number of hydrogen-bond donors (Lipinski definition) is 2. The minimum absolute atomic E-state index is 0.0499. The van der Waals surface area contributed by atoms with Crippen LogP contribution in [0.15, 0.2) is 58.8 Å². The molecule has 2 N–H and O–H groups in total. The van der Waals surface area contributed by atoms with E-state index in [9.17, 15) is 18.0 Å². The number of amides is 1. The van der Waals surface area contributed by atoms with Crippen molar-refractivity contribution < 1.29 is 18.0 Å². The Balaban J connectivity index is 1.76. The summed E-state index contributed by atoms with van der Waals surface area (Å²) in [5.41, 5.74) is 2.52. The zero-order valence-electron chi connectivity index (χ0n) is 15.1. The second-order valence-corrected chi connectivity index (χ2v) is 8.52. The Bertz CT molecular complexity index is 1120. The number of ketones is 1. The molecule has 28 heavy (non-hydrogen) atoms. The Kier molecular flexibility index (Phi) is 5.57. The molecule has 0 saturated heterocycles. The third-order valence-corrected chi connectivity index (χ3v) is 6.04. The topological polar surface area (TPSA) is 105 Å². The smallest absolute Gasteiger partial charge is 0.263 e. The van der Waals surface area contributed by atoms with Crippen LogP contribution >= 0.6 is 11.3 Å². The number of hydrogen-bond acceptors (Lipinski definition) is 6. The number of benzene rings is 2. The van der Waals surface area contributed by atoms with E-state index in [1.807, 2.05) is 0 Å². The summed E-state index contributed by atoms with van der Waals surface area (Å²) >= 11 is 1.16. The summed E-state index contributed by atoms with van der Waals surface area (Å²) in [6.45, 7) is 2.85. The first-order valence-electron chi connectivity index (χ1n) is 8.22. The SMILES string of the molecule is CC(=O)Nc1ccc(-c2csc(NS(=O)(=O)c3ccc(C(C)=O)cc3)n2)cc1. The van der Waals surface area contributed by atoms with E-state index in [2.05, 4.69) is 15.0 Å². The molecule has 7 nitrogen and oxygen atoms in total. The van der Waals surface area contributed by atoms with Crippen molar-refractivity contribution in [3.8, 4) is 11.3 Å². The summed E-state index contributed by atoms with van der Waals surface area (Å²) in [6, 6.07) is 12.8. The van der Waals surface area contributed by atoms with Gasteiger partial charge in [0, 0.05) is 29.1 Å². The highest BCUT2D eigenvalue weighted by Crippen LogP contribution is 2.27. The minimum Gasteiger partial charge on any atom is -0.326 e. The van der Waals surface area contributed by atoms with Crippen molar-refractivity contribution in [2.45, 2.75) is 18.7 Å². The van der Waals surface area contributed by atoms with E-state index < -0.39 is 10.0 Å². The van der Waals surface area contributed by atoms with Crippen LogP contribution in [0, 0.1) is 0 Å². The van der Waals surface area contributed by atoms with Gasteiger partial charge in [-0.05, 0) is 31.2 Å². The maximum atomic E-state index is 12.5. The molecule has 0 atom stereocenters. The van der Waals surface area contributed by atoms with Crippen molar-refractivity contribution in [1.29, 1.82) is 0 Å². The molecule has 3 rings (SSSR count). The summed E-state index contributed by atoms with van der Waals surface area (Å²) in [5, 5.41) is 4.65. The van der Waals surface area contributed by atoms with Crippen LogP contribution < -0.4 is 10.0 Å². The first-order valence-corrected chi connectivity index (χ1v) is 10.6. The third-order valence-electron chi connectivity index (χ3n) is 3.80. The van der Waals surface area contributed by atoms with Crippen LogP contribution in [0.3, 0.4) is 0 Å². The van der Waals surface area contributed by atoms with Gasteiger partial charge in [0.15, 0.2) is 10.9 Å². The van der Waals surface area contributed by atoms with Gasteiger partial charge in [0.2, 0.25) is 5.91 Å². The van der Waals surface area contributed by atoms with E-state index in [0.717, 1.165) is 16.9 Å². The van der Waals surface area contributed by atoms with E-state index in [-0.39, 0.29) is 21.7 Å². The zero-order valence-corrected chi connectivity index (χ0v) is 16.7. The Morgan fingerprint density at radius 1 is 0.964 bits per heavy atom. The Hall–Kier alpha value is -3.04. The fourth-order valence-corrected chi connectivity index (χ4v) is 4.40. The van der Waals surface area contributed by atoms with Crippen molar-refractivity contribution in [2.24, 2.45) is 0 Å². The third kappa shape index (κ3) is 4.62. The molecule has 0 spiro atoms. The van der Waals surface area contributed by atoms with Crippen LogP contribution in [-0.4, -0.2) is 25.1 Å². The molecule has 1 aromatic heterocycles. The summed E-state index contributed by atoms with van der Waals surface area (Å²) in [4.78, 5) is 26.7. The van der Waals surface area contributed by atoms with Gasteiger partial charge in [-0.3, -0.25) is 14.3 Å². The second kappa shape index (κ2) is 7.91. The van der Waals surface area contributed by atoms with Crippen molar-refractivity contribution in [2.75, 3.05) is 10.0 Å². The Morgan fingerprint density at radius 2 is 1.61 bits per heavy atom. The summed E-state index contributed by atoms with van der Waals surface area (Å²) in [7, 11) is -3.81. The molecule has 0 aliphatic heterocycles. The molecule has 0 aliphatic rings. The first kappa shape index (κ1) is 19.7. The fourth-order valence-electron chi connectivity index (χ4n) is 2.42. The molecule has 0 radical (unpaired) electrons. The molecule has 0 fully saturated rings. The number of carbonyl (C=O) groups excluding carboxylic acids is 2. The van der Waals surface area contributed by atoms with Gasteiger partial charge >= 0.3 is 0 Å². The molecule has 0 unspecified atom stereocenters. The van der Waals surface area contributed by atoms with E-state index >= 15 is 0 Å². The molecule has 144 valence electrons. The van der Waals surface area contributed by atoms with Crippen LogP contribution in [0.2, 0.25) is 0 Å².